The van der Waals surface area contributed by atoms with Gasteiger partial charge in [0.05, 0.1) is 11.3 Å². The van der Waals surface area contributed by atoms with Crippen LogP contribution in [0, 0.1) is 13.8 Å². The Bertz CT molecular complexity index is 899. The van der Waals surface area contributed by atoms with E-state index < -0.39 is 10.0 Å². The highest BCUT2D eigenvalue weighted by Gasteiger charge is 2.19. The molecule has 3 rings (SSSR count). The molecule has 5 nitrogen and oxygen atoms in total. The summed E-state index contributed by atoms with van der Waals surface area (Å²) in [5.41, 5.74) is 2.97. The van der Waals surface area contributed by atoms with E-state index in [1.54, 1.807) is 43.3 Å². The van der Waals surface area contributed by atoms with Gasteiger partial charge in [-0.05, 0) is 61.6 Å². The second-order valence-corrected chi connectivity index (χ2v) is 8.49. The van der Waals surface area contributed by atoms with Crippen LogP contribution in [0.5, 0.6) is 0 Å². The van der Waals surface area contributed by atoms with Crippen LogP contribution in [-0.2, 0) is 21.2 Å². The lowest BCUT2D eigenvalue weighted by Gasteiger charge is -2.15. The molecule has 1 heterocycles. The molecular formula is C20H24N2O3S. The van der Waals surface area contributed by atoms with Crippen LogP contribution in [0.2, 0.25) is 0 Å². The van der Waals surface area contributed by atoms with E-state index in [1.807, 2.05) is 17.9 Å². The maximum Gasteiger partial charge on any atom is 0.262 e. The number of aryl methyl sites for hydroxylation is 2. The molecule has 6 heteroatoms. The van der Waals surface area contributed by atoms with Crippen LogP contribution >= 0.6 is 0 Å². The third-order valence-electron chi connectivity index (χ3n) is 4.65. The second-order valence-electron chi connectivity index (χ2n) is 6.84. The summed E-state index contributed by atoms with van der Waals surface area (Å²) in [5, 5.41) is 0. The number of sulfonamides is 1. The summed E-state index contributed by atoms with van der Waals surface area (Å²) in [6.07, 6.45) is 2.50. The normalized spacial score (nSPS) is 14.5. The standard InChI is InChI=1S/C20H24N2O3S/c1-15-5-6-16(2)19(13-15)26(24,25)21-18-9-7-17(8-10-18)14-20(23)22-11-3-4-12-22/h5-10,13,21H,3-4,11-12,14H2,1-2H3. The number of hydrogen-bond donors (Lipinski definition) is 1. The zero-order valence-electron chi connectivity index (χ0n) is 15.2. The van der Waals surface area contributed by atoms with Crippen LogP contribution in [0.3, 0.4) is 0 Å². The molecule has 0 spiro atoms. The Balaban J connectivity index is 1.70. The van der Waals surface area contributed by atoms with Crippen LogP contribution in [0.25, 0.3) is 0 Å². The van der Waals surface area contributed by atoms with Crippen LogP contribution < -0.4 is 4.72 Å². The minimum atomic E-state index is -3.64. The van der Waals surface area contributed by atoms with Crippen molar-refractivity contribution in [3.8, 4) is 0 Å². The summed E-state index contributed by atoms with van der Waals surface area (Å²) in [6, 6.07) is 12.4. The van der Waals surface area contributed by atoms with Crippen molar-refractivity contribution in [3.05, 3.63) is 59.2 Å². The first kappa shape index (κ1) is 18.5. The lowest BCUT2D eigenvalue weighted by atomic mass is 10.1. The lowest BCUT2D eigenvalue weighted by Crippen LogP contribution is -2.29. The van der Waals surface area contributed by atoms with E-state index in [0.717, 1.165) is 37.1 Å². The van der Waals surface area contributed by atoms with Crippen LogP contribution in [0.1, 0.15) is 29.5 Å². The van der Waals surface area contributed by atoms with Gasteiger partial charge in [-0.3, -0.25) is 9.52 Å². The van der Waals surface area contributed by atoms with Crippen molar-refractivity contribution in [1.29, 1.82) is 0 Å². The van der Waals surface area contributed by atoms with Gasteiger partial charge in [-0.25, -0.2) is 8.42 Å². The Labute approximate surface area is 155 Å². The fraction of sp³-hybridized carbons (Fsp3) is 0.350. The van der Waals surface area contributed by atoms with Gasteiger partial charge in [-0.15, -0.1) is 0 Å². The molecular weight excluding hydrogens is 348 g/mol. The number of anilines is 1. The summed E-state index contributed by atoms with van der Waals surface area (Å²) < 4.78 is 27.9. The highest BCUT2D eigenvalue weighted by Crippen LogP contribution is 2.21. The number of likely N-dealkylation sites (tertiary alicyclic amines) is 1. The Hall–Kier alpha value is -2.34. The lowest BCUT2D eigenvalue weighted by molar-refractivity contribution is -0.129. The molecule has 0 atom stereocenters. The predicted molar refractivity (Wildman–Crippen MR) is 103 cm³/mol. The first-order valence-corrected chi connectivity index (χ1v) is 10.3. The van der Waals surface area contributed by atoms with Crippen molar-refractivity contribution in [1.82, 2.24) is 4.90 Å². The average molecular weight is 372 g/mol. The van der Waals surface area contributed by atoms with E-state index in [2.05, 4.69) is 4.72 Å². The predicted octanol–water partition coefficient (Wildman–Crippen LogP) is 3.27. The maximum atomic E-state index is 12.6. The summed E-state index contributed by atoms with van der Waals surface area (Å²) >= 11 is 0. The van der Waals surface area contributed by atoms with E-state index in [1.165, 1.54) is 0 Å². The van der Waals surface area contributed by atoms with Crippen LogP contribution in [0.4, 0.5) is 5.69 Å². The highest BCUT2D eigenvalue weighted by atomic mass is 32.2. The third kappa shape index (κ3) is 4.25. The minimum Gasteiger partial charge on any atom is -0.342 e. The van der Waals surface area contributed by atoms with Gasteiger partial charge >= 0.3 is 0 Å². The molecule has 1 aliphatic rings. The molecule has 2 aromatic rings. The number of hydrogen-bond acceptors (Lipinski definition) is 3. The topological polar surface area (TPSA) is 66.5 Å². The average Bonchev–Trinajstić information content (AvgIpc) is 3.13. The van der Waals surface area contributed by atoms with Gasteiger partial charge in [0.1, 0.15) is 0 Å². The number of nitrogens with zero attached hydrogens (tertiary/aromatic N) is 1. The van der Waals surface area contributed by atoms with Gasteiger partial charge in [0.15, 0.2) is 0 Å². The van der Waals surface area contributed by atoms with Gasteiger partial charge in [-0.1, -0.05) is 24.3 Å². The van der Waals surface area contributed by atoms with Crippen molar-refractivity contribution in [2.24, 2.45) is 0 Å². The molecule has 1 saturated heterocycles. The Kier molecular flexibility index (Phi) is 5.32. The van der Waals surface area contributed by atoms with Gasteiger partial charge in [-0.2, -0.15) is 0 Å². The van der Waals surface area contributed by atoms with Crippen molar-refractivity contribution >= 4 is 21.6 Å². The highest BCUT2D eigenvalue weighted by molar-refractivity contribution is 7.92. The summed E-state index contributed by atoms with van der Waals surface area (Å²) in [5.74, 6) is 0.131. The zero-order valence-corrected chi connectivity index (χ0v) is 16.0. The van der Waals surface area contributed by atoms with Gasteiger partial charge in [0, 0.05) is 18.8 Å². The fourth-order valence-corrected chi connectivity index (χ4v) is 4.54. The van der Waals surface area contributed by atoms with Gasteiger partial charge in [0.2, 0.25) is 5.91 Å². The number of benzene rings is 2. The van der Waals surface area contributed by atoms with Gasteiger partial charge in [0.25, 0.3) is 10.0 Å². The maximum absolute atomic E-state index is 12.6. The van der Waals surface area contributed by atoms with Gasteiger partial charge < -0.3 is 4.90 Å². The molecule has 0 aromatic heterocycles. The quantitative estimate of drug-likeness (QED) is 0.876. The summed E-state index contributed by atoms with van der Waals surface area (Å²) in [4.78, 5) is 14.4. The number of amides is 1. The third-order valence-corrected chi connectivity index (χ3v) is 6.18. The first-order valence-electron chi connectivity index (χ1n) is 8.82. The molecule has 1 amide bonds. The van der Waals surface area contributed by atoms with Crippen LogP contribution in [0.15, 0.2) is 47.4 Å². The van der Waals surface area contributed by atoms with E-state index in [-0.39, 0.29) is 10.8 Å². The summed E-state index contributed by atoms with van der Waals surface area (Å²) in [6.45, 7) is 5.32. The second kappa shape index (κ2) is 7.50. The monoisotopic (exact) mass is 372 g/mol. The SMILES string of the molecule is Cc1ccc(C)c(S(=O)(=O)Nc2ccc(CC(=O)N3CCCC3)cc2)c1. The molecule has 26 heavy (non-hydrogen) atoms. The van der Waals surface area contributed by atoms with E-state index >= 15 is 0 Å². The molecule has 2 aromatic carbocycles. The largest absolute Gasteiger partial charge is 0.342 e. The minimum absolute atomic E-state index is 0.131. The van der Waals surface area contributed by atoms with E-state index in [9.17, 15) is 13.2 Å². The van der Waals surface area contributed by atoms with Crippen molar-refractivity contribution in [2.45, 2.75) is 38.0 Å². The zero-order chi connectivity index (χ0) is 18.7. The van der Waals surface area contributed by atoms with Crippen LogP contribution in [-0.4, -0.2) is 32.3 Å². The van der Waals surface area contributed by atoms with E-state index in [4.69, 9.17) is 0 Å². The number of nitrogens with one attached hydrogen (secondary N) is 1. The molecule has 0 saturated carbocycles. The molecule has 1 aliphatic heterocycles. The van der Waals surface area contributed by atoms with E-state index in [0.29, 0.717) is 17.7 Å². The Morgan fingerprint density at radius 3 is 2.35 bits per heavy atom. The smallest absolute Gasteiger partial charge is 0.262 e. The van der Waals surface area contributed by atoms with Crippen molar-refractivity contribution < 1.29 is 13.2 Å². The Morgan fingerprint density at radius 2 is 1.69 bits per heavy atom. The molecule has 1 N–H and O–H groups in total. The van der Waals surface area contributed by atoms with Crippen molar-refractivity contribution in [2.75, 3.05) is 17.8 Å². The summed E-state index contributed by atoms with van der Waals surface area (Å²) in [7, 11) is -3.64. The fourth-order valence-electron chi connectivity index (χ4n) is 3.15. The molecule has 1 fully saturated rings. The Morgan fingerprint density at radius 1 is 1.04 bits per heavy atom. The van der Waals surface area contributed by atoms with Crippen molar-refractivity contribution in [3.63, 3.8) is 0 Å². The number of carbonyl (C=O) groups excluding carboxylic acids is 1. The number of rotatable bonds is 5. The molecule has 138 valence electrons. The molecule has 0 unspecified atom stereocenters. The molecule has 0 aliphatic carbocycles. The molecule has 0 radical (unpaired) electrons. The number of carbonyl (C=O) groups is 1. The molecule has 0 bridgehead atoms. The first-order chi connectivity index (χ1) is 12.3.